The first kappa shape index (κ1) is 15.0. The summed E-state index contributed by atoms with van der Waals surface area (Å²) in [4.78, 5) is 16.5. The largest absolute Gasteiger partial charge is 0.340 e. The summed E-state index contributed by atoms with van der Waals surface area (Å²) in [6.07, 6.45) is 1.17. The molecular formula is C14H25N5O. The predicted octanol–water partition coefficient (Wildman–Crippen LogP) is 1.16. The van der Waals surface area contributed by atoms with Crippen molar-refractivity contribution in [2.24, 2.45) is 11.8 Å². The summed E-state index contributed by atoms with van der Waals surface area (Å²) >= 11 is 0. The Labute approximate surface area is 120 Å². The number of aromatic nitrogens is 3. The molecule has 0 unspecified atom stereocenters. The lowest BCUT2D eigenvalue weighted by Gasteiger charge is -2.22. The van der Waals surface area contributed by atoms with E-state index in [1.54, 1.807) is 11.8 Å². The van der Waals surface area contributed by atoms with Gasteiger partial charge in [0.05, 0.1) is 5.69 Å². The van der Waals surface area contributed by atoms with E-state index >= 15 is 0 Å². The molecule has 2 rings (SSSR count). The highest BCUT2D eigenvalue weighted by atomic mass is 16.2. The second kappa shape index (κ2) is 6.35. The zero-order valence-electron chi connectivity index (χ0n) is 12.9. The van der Waals surface area contributed by atoms with Gasteiger partial charge in [0.25, 0.3) is 5.91 Å². The Bertz CT molecular complexity index is 456. The van der Waals surface area contributed by atoms with Gasteiger partial charge in [-0.05, 0) is 31.7 Å². The van der Waals surface area contributed by atoms with Gasteiger partial charge in [-0.15, -0.1) is 0 Å². The first-order chi connectivity index (χ1) is 9.47. The zero-order valence-corrected chi connectivity index (χ0v) is 12.9. The maximum absolute atomic E-state index is 12.3. The highest BCUT2D eigenvalue weighted by Crippen LogP contribution is 2.19. The summed E-state index contributed by atoms with van der Waals surface area (Å²) in [5, 5.41) is 10.3. The fraction of sp³-hybridized carbons (Fsp3) is 0.786. The van der Waals surface area contributed by atoms with Crippen molar-refractivity contribution in [3.63, 3.8) is 0 Å². The third-order valence-electron chi connectivity index (χ3n) is 3.80. The van der Waals surface area contributed by atoms with Crippen LogP contribution in [0.25, 0.3) is 0 Å². The van der Waals surface area contributed by atoms with E-state index in [1.807, 2.05) is 7.05 Å². The molecule has 1 fully saturated rings. The summed E-state index contributed by atoms with van der Waals surface area (Å²) in [5.41, 5.74) is 1.10. The summed E-state index contributed by atoms with van der Waals surface area (Å²) in [6, 6.07) is 0. The van der Waals surface area contributed by atoms with Gasteiger partial charge in [-0.2, -0.15) is 15.4 Å². The maximum Gasteiger partial charge on any atom is 0.276 e. The van der Waals surface area contributed by atoms with E-state index in [0.29, 0.717) is 23.2 Å². The number of carbonyl (C=O) groups excluding carboxylic acids is 1. The highest BCUT2D eigenvalue weighted by molar-refractivity contribution is 5.92. The minimum Gasteiger partial charge on any atom is -0.340 e. The van der Waals surface area contributed by atoms with Gasteiger partial charge in [0.1, 0.15) is 0 Å². The number of nitrogens with one attached hydrogen (secondary N) is 1. The summed E-state index contributed by atoms with van der Waals surface area (Å²) in [5.74, 6) is 1.22. The molecule has 20 heavy (non-hydrogen) atoms. The first-order valence-corrected chi connectivity index (χ1v) is 7.32. The quantitative estimate of drug-likeness (QED) is 0.878. The molecule has 6 nitrogen and oxygen atoms in total. The summed E-state index contributed by atoms with van der Waals surface area (Å²) in [6.45, 7) is 10.5. The van der Waals surface area contributed by atoms with Gasteiger partial charge in [-0.1, -0.05) is 13.8 Å². The molecule has 112 valence electrons. The molecule has 1 N–H and O–H groups in total. The van der Waals surface area contributed by atoms with Gasteiger partial charge in [-0.25, -0.2) is 0 Å². The lowest BCUT2D eigenvalue weighted by atomic mass is 10.1. The molecule has 0 bridgehead atoms. The average Bonchev–Trinajstić information content (AvgIpc) is 2.97. The Balaban J connectivity index is 1.85. The molecule has 0 aromatic carbocycles. The minimum absolute atomic E-state index is 0.0430. The van der Waals surface area contributed by atoms with Crippen LogP contribution in [0.1, 0.15) is 36.5 Å². The van der Waals surface area contributed by atoms with Gasteiger partial charge in [0, 0.05) is 26.7 Å². The lowest BCUT2D eigenvalue weighted by Crippen LogP contribution is -2.34. The van der Waals surface area contributed by atoms with Crippen LogP contribution in [0, 0.1) is 18.8 Å². The van der Waals surface area contributed by atoms with Gasteiger partial charge in [-0.3, -0.25) is 4.79 Å². The van der Waals surface area contributed by atoms with E-state index in [0.717, 1.165) is 26.2 Å². The fourth-order valence-corrected chi connectivity index (χ4v) is 2.88. The maximum atomic E-state index is 12.3. The smallest absolute Gasteiger partial charge is 0.276 e. The number of hydrogen-bond acceptors (Lipinski definition) is 4. The van der Waals surface area contributed by atoms with Crippen molar-refractivity contribution in [2.75, 3.05) is 33.2 Å². The summed E-state index contributed by atoms with van der Waals surface area (Å²) < 4.78 is 0. The molecule has 0 aliphatic carbocycles. The van der Waals surface area contributed by atoms with Crippen LogP contribution in [0.15, 0.2) is 0 Å². The third kappa shape index (κ3) is 3.56. The number of aromatic amines is 1. The predicted molar refractivity (Wildman–Crippen MR) is 77.5 cm³/mol. The Morgan fingerprint density at radius 2 is 2.25 bits per heavy atom. The van der Waals surface area contributed by atoms with Crippen LogP contribution in [-0.2, 0) is 0 Å². The molecule has 6 heteroatoms. The number of amides is 1. The van der Waals surface area contributed by atoms with Crippen molar-refractivity contribution in [2.45, 2.75) is 27.2 Å². The van der Waals surface area contributed by atoms with Crippen molar-refractivity contribution in [1.29, 1.82) is 0 Å². The standard InChI is InChI=1S/C14H25N5O/c1-10(2)7-19-6-5-12(9-19)8-18(4)14(20)13-11(3)15-17-16-13/h10,12H,5-9H2,1-4H3,(H,15,16,17)/t12-/m1/s1. The molecule has 0 radical (unpaired) electrons. The number of rotatable bonds is 5. The Morgan fingerprint density at radius 1 is 1.50 bits per heavy atom. The Hall–Kier alpha value is -1.43. The van der Waals surface area contributed by atoms with Crippen LogP contribution in [0.4, 0.5) is 0 Å². The lowest BCUT2D eigenvalue weighted by molar-refractivity contribution is 0.0766. The molecule has 1 amide bonds. The van der Waals surface area contributed by atoms with Crippen molar-refractivity contribution in [3.05, 3.63) is 11.4 Å². The van der Waals surface area contributed by atoms with E-state index in [2.05, 4.69) is 34.2 Å². The normalized spacial score (nSPS) is 19.8. The van der Waals surface area contributed by atoms with E-state index in [4.69, 9.17) is 0 Å². The number of carbonyl (C=O) groups is 1. The fourth-order valence-electron chi connectivity index (χ4n) is 2.88. The number of aryl methyl sites for hydroxylation is 1. The Kier molecular flexibility index (Phi) is 4.75. The van der Waals surface area contributed by atoms with Gasteiger partial charge in [0.2, 0.25) is 0 Å². The van der Waals surface area contributed by atoms with E-state index in [-0.39, 0.29) is 5.91 Å². The molecule has 0 spiro atoms. The number of hydrogen-bond donors (Lipinski definition) is 1. The van der Waals surface area contributed by atoms with Gasteiger partial charge >= 0.3 is 0 Å². The number of H-pyrrole nitrogens is 1. The van der Waals surface area contributed by atoms with E-state index in [1.165, 1.54) is 6.42 Å². The van der Waals surface area contributed by atoms with Crippen LogP contribution in [0.3, 0.4) is 0 Å². The van der Waals surface area contributed by atoms with Crippen LogP contribution in [-0.4, -0.2) is 64.3 Å². The molecular weight excluding hydrogens is 254 g/mol. The van der Waals surface area contributed by atoms with Crippen LogP contribution in [0.2, 0.25) is 0 Å². The van der Waals surface area contributed by atoms with Crippen molar-refractivity contribution < 1.29 is 4.79 Å². The second-order valence-electron chi connectivity index (χ2n) is 6.25. The zero-order chi connectivity index (χ0) is 14.7. The minimum atomic E-state index is -0.0430. The van der Waals surface area contributed by atoms with Gasteiger partial charge < -0.3 is 9.80 Å². The van der Waals surface area contributed by atoms with Crippen LogP contribution >= 0.6 is 0 Å². The van der Waals surface area contributed by atoms with Gasteiger partial charge in [0.15, 0.2) is 5.69 Å². The molecule has 0 saturated carbocycles. The average molecular weight is 279 g/mol. The molecule has 1 aliphatic rings. The number of likely N-dealkylation sites (tertiary alicyclic amines) is 1. The van der Waals surface area contributed by atoms with Crippen molar-refractivity contribution >= 4 is 5.91 Å². The third-order valence-corrected chi connectivity index (χ3v) is 3.80. The molecule has 1 saturated heterocycles. The van der Waals surface area contributed by atoms with E-state index in [9.17, 15) is 4.79 Å². The Morgan fingerprint density at radius 3 is 2.85 bits per heavy atom. The van der Waals surface area contributed by atoms with Crippen molar-refractivity contribution in [1.82, 2.24) is 25.2 Å². The molecule has 1 aromatic heterocycles. The topological polar surface area (TPSA) is 65.1 Å². The molecule has 1 atom stereocenters. The molecule has 2 heterocycles. The second-order valence-corrected chi connectivity index (χ2v) is 6.25. The van der Waals surface area contributed by atoms with Crippen LogP contribution < -0.4 is 0 Å². The molecule has 1 aromatic rings. The highest BCUT2D eigenvalue weighted by Gasteiger charge is 2.26. The number of nitrogens with zero attached hydrogens (tertiary/aromatic N) is 4. The SMILES string of the molecule is Cc1n[nH]nc1C(=O)N(C)C[C@H]1CCN(CC(C)C)C1. The summed E-state index contributed by atoms with van der Waals surface area (Å²) in [7, 11) is 1.85. The van der Waals surface area contributed by atoms with E-state index < -0.39 is 0 Å². The monoisotopic (exact) mass is 279 g/mol. The van der Waals surface area contributed by atoms with Crippen molar-refractivity contribution in [3.8, 4) is 0 Å². The molecule has 1 aliphatic heterocycles. The first-order valence-electron chi connectivity index (χ1n) is 7.32. The van der Waals surface area contributed by atoms with Crippen LogP contribution in [0.5, 0.6) is 0 Å².